The second-order valence-electron chi connectivity index (χ2n) is 7.31. The van der Waals surface area contributed by atoms with Crippen LogP contribution in [0.4, 0.5) is 4.79 Å². The van der Waals surface area contributed by atoms with Gasteiger partial charge in [0.05, 0.1) is 18.7 Å². The Labute approximate surface area is 148 Å². The molecule has 2 aliphatic rings. The molecule has 0 radical (unpaired) electrons. The summed E-state index contributed by atoms with van der Waals surface area (Å²) >= 11 is 0. The molecule has 0 aromatic carbocycles. The van der Waals surface area contributed by atoms with E-state index < -0.39 is 5.60 Å². The van der Waals surface area contributed by atoms with Crippen LogP contribution in [-0.4, -0.2) is 58.2 Å². The maximum Gasteiger partial charge on any atom is 0.410 e. The fourth-order valence-corrected chi connectivity index (χ4v) is 3.74. The number of rotatable bonds is 5. The summed E-state index contributed by atoms with van der Waals surface area (Å²) in [7, 11) is 0. The number of ether oxygens (including phenoxy) is 1. The lowest BCUT2D eigenvalue weighted by Crippen LogP contribution is -2.49. The Balaban J connectivity index is 1.54. The molecule has 3 rings (SSSR count). The molecule has 0 N–H and O–H groups in total. The average molecular weight is 349 g/mol. The van der Waals surface area contributed by atoms with Crippen LogP contribution >= 0.6 is 0 Å². The van der Waals surface area contributed by atoms with E-state index in [1.165, 1.54) is 0 Å². The molecular weight excluding hydrogens is 322 g/mol. The molecule has 1 spiro atoms. The van der Waals surface area contributed by atoms with Crippen LogP contribution in [0, 0.1) is 6.92 Å². The Morgan fingerprint density at radius 1 is 1.40 bits per heavy atom. The van der Waals surface area contributed by atoms with Crippen molar-refractivity contribution in [3.05, 3.63) is 17.5 Å². The van der Waals surface area contributed by atoms with Crippen LogP contribution in [0.15, 0.2) is 10.6 Å². The van der Waals surface area contributed by atoms with E-state index in [0.29, 0.717) is 38.2 Å². The number of piperidine rings is 1. The Bertz CT molecular complexity index is 634. The molecule has 0 saturated carbocycles. The SMILES string of the molecule is CCC[C@H](C)N1CC2(CCN(C(=O)Cc3cc(C)no3)CC2)OC1=O. The Hall–Kier alpha value is -2.05. The number of aryl methyl sites for hydroxylation is 1. The Morgan fingerprint density at radius 2 is 2.12 bits per heavy atom. The van der Waals surface area contributed by atoms with Gasteiger partial charge in [0.2, 0.25) is 5.91 Å². The van der Waals surface area contributed by atoms with Crippen molar-refractivity contribution in [2.24, 2.45) is 0 Å². The summed E-state index contributed by atoms with van der Waals surface area (Å²) in [6, 6.07) is 1.99. The van der Waals surface area contributed by atoms with E-state index >= 15 is 0 Å². The summed E-state index contributed by atoms with van der Waals surface area (Å²) in [6.45, 7) is 7.87. The molecule has 1 atom stereocenters. The van der Waals surface area contributed by atoms with Crippen molar-refractivity contribution in [3.8, 4) is 0 Å². The average Bonchev–Trinajstić information content (AvgIpc) is 3.12. The van der Waals surface area contributed by atoms with Crippen molar-refractivity contribution in [2.45, 2.75) is 64.5 Å². The van der Waals surface area contributed by atoms with Gasteiger partial charge in [0.1, 0.15) is 11.4 Å². The number of nitrogens with zero attached hydrogens (tertiary/aromatic N) is 3. The highest BCUT2D eigenvalue weighted by Gasteiger charge is 2.48. The van der Waals surface area contributed by atoms with Gasteiger partial charge >= 0.3 is 6.09 Å². The minimum absolute atomic E-state index is 0.0338. The van der Waals surface area contributed by atoms with Crippen LogP contribution in [0.25, 0.3) is 0 Å². The van der Waals surface area contributed by atoms with Gasteiger partial charge in [-0.25, -0.2) is 4.79 Å². The van der Waals surface area contributed by atoms with Crippen LogP contribution in [0.2, 0.25) is 0 Å². The molecule has 25 heavy (non-hydrogen) atoms. The summed E-state index contributed by atoms with van der Waals surface area (Å²) < 4.78 is 10.9. The maximum absolute atomic E-state index is 12.4. The second-order valence-corrected chi connectivity index (χ2v) is 7.31. The van der Waals surface area contributed by atoms with Crippen LogP contribution < -0.4 is 0 Å². The maximum atomic E-state index is 12.4. The summed E-state index contributed by atoms with van der Waals surface area (Å²) in [5.41, 5.74) is 0.346. The van der Waals surface area contributed by atoms with Gasteiger partial charge in [-0.3, -0.25) is 4.79 Å². The van der Waals surface area contributed by atoms with E-state index in [-0.39, 0.29) is 24.5 Å². The number of aromatic nitrogens is 1. The van der Waals surface area contributed by atoms with Gasteiger partial charge < -0.3 is 19.1 Å². The molecule has 2 aliphatic heterocycles. The van der Waals surface area contributed by atoms with Crippen molar-refractivity contribution in [1.29, 1.82) is 0 Å². The number of amides is 2. The zero-order chi connectivity index (χ0) is 18.0. The lowest BCUT2D eigenvalue weighted by Gasteiger charge is -2.37. The fraction of sp³-hybridized carbons (Fsp3) is 0.722. The van der Waals surface area contributed by atoms with Crippen molar-refractivity contribution in [1.82, 2.24) is 15.0 Å². The molecule has 1 aromatic heterocycles. The minimum atomic E-state index is -0.432. The normalized spacial score (nSPS) is 20.8. The third kappa shape index (κ3) is 3.80. The zero-order valence-corrected chi connectivity index (χ0v) is 15.3. The van der Waals surface area contributed by atoms with E-state index in [4.69, 9.17) is 9.26 Å². The Morgan fingerprint density at radius 3 is 2.72 bits per heavy atom. The highest BCUT2D eigenvalue weighted by molar-refractivity contribution is 5.78. The zero-order valence-electron chi connectivity index (χ0n) is 15.3. The van der Waals surface area contributed by atoms with E-state index in [1.807, 2.05) is 16.7 Å². The second kappa shape index (κ2) is 7.06. The summed E-state index contributed by atoms with van der Waals surface area (Å²) in [5.74, 6) is 0.626. The third-order valence-corrected chi connectivity index (χ3v) is 5.26. The number of carbonyl (C=O) groups excluding carboxylic acids is 2. The lowest BCUT2D eigenvalue weighted by atomic mass is 9.90. The van der Waals surface area contributed by atoms with E-state index in [2.05, 4.69) is 19.0 Å². The highest BCUT2D eigenvalue weighted by atomic mass is 16.6. The largest absolute Gasteiger partial charge is 0.441 e. The van der Waals surface area contributed by atoms with Gasteiger partial charge in [-0.1, -0.05) is 18.5 Å². The number of hydrogen-bond donors (Lipinski definition) is 0. The molecule has 0 bridgehead atoms. The van der Waals surface area contributed by atoms with Gasteiger partial charge in [0.25, 0.3) is 0 Å². The first-order valence-electron chi connectivity index (χ1n) is 9.12. The highest BCUT2D eigenvalue weighted by Crippen LogP contribution is 2.34. The van der Waals surface area contributed by atoms with Gasteiger partial charge in [-0.15, -0.1) is 0 Å². The molecule has 2 saturated heterocycles. The van der Waals surface area contributed by atoms with Crippen molar-refractivity contribution >= 4 is 12.0 Å². The summed E-state index contributed by atoms with van der Waals surface area (Å²) in [5, 5.41) is 3.81. The molecule has 1 aromatic rings. The van der Waals surface area contributed by atoms with Crippen LogP contribution in [-0.2, 0) is 16.0 Å². The predicted molar refractivity (Wildman–Crippen MR) is 91.0 cm³/mol. The van der Waals surface area contributed by atoms with E-state index in [1.54, 1.807) is 6.07 Å². The molecule has 7 nitrogen and oxygen atoms in total. The number of likely N-dealkylation sites (tertiary alicyclic amines) is 1. The molecule has 0 aliphatic carbocycles. The number of carbonyl (C=O) groups is 2. The van der Waals surface area contributed by atoms with Crippen LogP contribution in [0.5, 0.6) is 0 Å². The van der Waals surface area contributed by atoms with Crippen molar-refractivity contribution < 1.29 is 18.8 Å². The van der Waals surface area contributed by atoms with E-state index in [9.17, 15) is 9.59 Å². The molecule has 2 amide bonds. The molecule has 138 valence electrons. The molecule has 7 heteroatoms. The van der Waals surface area contributed by atoms with Gasteiger partial charge in [-0.2, -0.15) is 0 Å². The predicted octanol–water partition coefficient (Wildman–Crippen LogP) is 2.53. The lowest BCUT2D eigenvalue weighted by molar-refractivity contribution is -0.134. The third-order valence-electron chi connectivity index (χ3n) is 5.26. The fourth-order valence-electron chi connectivity index (χ4n) is 3.74. The molecule has 3 heterocycles. The first kappa shape index (κ1) is 17.8. The van der Waals surface area contributed by atoms with Crippen molar-refractivity contribution in [2.75, 3.05) is 19.6 Å². The standard InChI is InChI=1S/C18H27N3O4/c1-4-5-14(3)21-12-18(24-17(21)23)6-8-20(9-7-18)16(22)11-15-10-13(2)19-25-15/h10,14H,4-9,11-12H2,1-3H3/t14-/m0/s1. The summed E-state index contributed by atoms with van der Waals surface area (Å²) in [6.07, 6.45) is 3.42. The smallest absolute Gasteiger partial charge is 0.410 e. The van der Waals surface area contributed by atoms with Crippen LogP contribution in [0.1, 0.15) is 51.0 Å². The van der Waals surface area contributed by atoms with Gasteiger partial charge in [0, 0.05) is 38.0 Å². The van der Waals surface area contributed by atoms with Crippen LogP contribution in [0.3, 0.4) is 0 Å². The molecule has 0 unspecified atom stereocenters. The Kier molecular flexibility index (Phi) is 5.01. The molecule has 2 fully saturated rings. The summed E-state index contributed by atoms with van der Waals surface area (Å²) in [4.78, 5) is 28.3. The quantitative estimate of drug-likeness (QED) is 0.816. The monoisotopic (exact) mass is 349 g/mol. The number of hydrogen-bond acceptors (Lipinski definition) is 5. The van der Waals surface area contributed by atoms with Crippen molar-refractivity contribution in [3.63, 3.8) is 0 Å². The first-order chi connectivity index (χ1) is 11.9. The van der Waals surface area contributed by atoms with Gasteiger partial charge in [0.15, 0.2) is 0 Å². The minimum Gasteiger partial charge on any atom is -0.441 e. The topological polar surface area (TPSA) is 75.9 Å². The van der Waals surface area contributed by atoms with E-state index in [0.717, 1.165) is 18.5 Å². The first-order valence-corrected chi connectivity index (χ1v) is 9.12. The van der Waals surface area contributed by atoms with Gasteiger partial charge in [-0.05, 0) is 20.3 Å². The molecular formula is C18H27N3O4.